The normalized spacial score (nSPS) is 18.4. The molecule has 4 nitrogen and oxygen atoms in total. The second-order valence-corrected chi connectivity index (χ2v) is 26.7. The molecule has 0 saturated heterocycles. The molecule has 0 fully saturated rings. The van der Waals surface area contributed by atoms with Crippen LogP contribution in [0.2, 0.25) is 0 Å². The van der Waals surface area contributed by atoms with Crippen molar-refractivity contribution in [2.24, 2.45) is 5.92 Å². The summed E-state index contributed by atoms with van der Waals surface area (Å²) < 4.78 is 7.25. The van der Waals surface area contributed by atoms with Gasteiger partial charge in [0.25, 0.3) is 0 Å². The van der Waals surface area contributed by atoms with Gasteiger partial charge in [0, 0.05) is 56.1 Å². The van der Waals surface area contributed by atoms with Crippen molar-refractivity contribution in [3.05, 3.63) is 202 Å². The predicted octanol–water partition coefficient (Wildman–Crippen LogP) is 17.2. The molecular formula is C69H70BN3O. The third kappa shape index (κ3) is 6.80. The van der Waals surface area contributed by atoms with E-state index in [-0.39, 0.29) is 45.7 Å². The topological polar surface area (TPSA) is 22.9 Å². The Hall–Kier alpha value is -6.98. The number of anilines is 7. The van der Waals surface area contributed by atoms with E-state index in [2.05, 4.69) is 269 Å². The zero-order chi connectivity index (χ0) is 51.8. The van der Waals surface area contributed by atoms with Crippen LogP contribution in [0.25, 0.3) is 27.6 Å². The van der Waals surface area contributed by atoms with Gasteiger partial charge in [-0.1, -0.05) is 206 Å². The molecule has 0 N–H and O–H groups in total. The second kappa shape index (κ2) is 15.5. The van der Waals surface area contributed by atoms with E-state index in [0.29, 0.717) is 0 Å². The van der Waals surface area contributed by atoms with Gasteiger partial charge in [0.15, 0.2) is 5.58 Å². The number of allylic oxidation sites excluding steroid dienone is 2. The third-order valence-electron chi connectivity index (χ3n) is 17.4. The van der Waals surface area contributed by atoms with E-state index >= 15 is 0 Å². The molecule has 2 unspecified atom stereocenters. The molecule has 370 valence electrons. The fraction of sp³-hybridized carbons (Fsp3) is 0.304. The summed E-state index contributed by atoms with van der Waals surface area (Å²) in [4.78, 5) is 7.91. The van der Waals surface area contributed by atoms with Crippen LogP contribution in [0, 0.1) is 5.92 Å². The summed E-state index contributed by atoms with van der Waals surface area (Å²) in [5, 5.41) is 2.26. The van der Waals surface area contributed by atoms with E-state index in [9.17, 15) is 0 Å². The largest absolute Gasteiger partial charge is 0.454 e. The number of para-hydroxylation sites is 1. The highest BCUT2D eigenvalue weighted by molar-refractivity contribution is 6.95. The number of hydrogen-bond donors (Lipinski definition) is 0. The molecule has 7 aromatic carbocycles. The molecule has 8 aromatic rings. The van der Waals surface area contributed by atoms with Crippen molar-refractivity contribution < 1.29 is 4.42 Å². The fourth-order valence-corrected chi connectivity index (χ4v) is 13.4. The monoisotopic (exact) mass is 968 g/mol. The summed E-state index contributed by atoms with van der Waals surface area (Å²) in [7, 11) is 0. The van der Waals surface area contributed by atoms with Crippen LogP contribution in [0.3, 0.4) is 0 Å². The number of benzene rings is 7. The standard InChI is InChI=1S/C69H70BN3O/c1-65(2,3)41-25-31-45(32-26-41)71(46-33-27-42(28-34-46)66(4,5)6)47-39-57-61-58(40-47)73-62-51(60-63(73)50-19-15-16-22-52(50)69(60,13)14)21-17-23-54(62)70(61)53-36-30-43(67(7,8)9)37-56(53)72(57)55-24-18-20-49-48-35-29-44(68(10,11)12)38-59(48)74-64(49)55/h15-40,51,62H,1-14H3. The molecule has 0 amide bonds. The Morgan fingerprint density at radius 2 is 1.14 bits per heavy atom. The Labute approximate surface area is 440 Å². The first-order valence-corrected chi connectivity index (χ1v) is 27.1. The lowest BCUT2D eigenvalue weighted by molar-refractivity contribution is 0.539. The van der Waals surface area contributed by atoms with Crippen LogP contribution in [-0.2, 0) is 27.1 Å². The maximum Gasteiger partial charge on any atom is 0.247 e. The van der Waals surface area contributed by atoms with Crippen molar-refractivity contribution in [3.63, 3.8) is 0 Å². The molecule has 1 aromatic heterocycles. The van der Waals surface area contributed by atoms with Crippen molar-refractivity contribution in [1.29, 1.82) is 0 Å². The Bertz CT molecular complexity index is 3700. The first-order valence-electron chi connectivity index (χ1n) is 27.1. The van der Waals surface area contributed by atoms with Crippen molar-refractivity contribution in [3.8, 4) is 0 Å². The molecule has 13 rings (SSSR count). The molecule has 5 heteroatoms. The van der Waals surface area contributed by atoms with Gasteiger partial charge < -0.3 is 19.1 Å². The molecule has 74 heavy (non-hydrogen) atoms. The molecular weight excluding hydrogens is 898 g/mol. The van der Waals surface area contributed by atoms with Crippen LogP contribution < -0.4 is 25.6 Å². The van der Waals surface area contributed by atoms with E-state index in [1.807, 2.05) is 0 Å². The van der Waals surface area contributed by atoms with E-state index in [0.717, 1.165) is 44.7 Å². The molecule has 3 aliphatic heterocycles. The number of furan rings is 1. The maximum atomic E-state index is 7.25. The van der Waals surface area contributed by atoms with Crippen LogP contribution >= 0.6 is 0 Å². The van der Waals surface area contributed by atoms with Gasteiger partial charge in [-0.3, -0.25) is 0 Å². The lowest BCUT2D eigenvalue weighted by Gasteiger charge is -2.49. The molecule has 0 radical (unpaired) electrons. The molecule has 0 bridgehead atoms. The van der Waals surface area contributed by atoms with Gasteiger partial charge in [0.05, 0.1) is 23.1 Å². The summed E-state index contributed by atoms with van der Waals surface area (Å²) in [5.74, 6) is 0.219. The van der Waals surface area contributed by atoms with Crippen LogP contribution in [-0.4, -0.2) is 12.8 Å². The van der Waals surface area contributed by atoms with Gasteiger partial charge in [-0.2, -0.15) is 0 Å². The number of nitrogens with zero attached hydrogens (tertiary/aromatic N) is 3. The fourth-order valence-electron chi connectivity index (χ4n) is 13.4. The lowest BCUT2D eigenvalue weighted by atomic mass is 9.31. The summed E-state index contributed by atoms with van der Waals surface area (Å²) >= 11 is 0. The van der Waals surface area contributed by atoms with Gasteiger partial charge in [-0.25, -0.2) is 0 Å². The molecule has 4 heterocycles. The summed E-state index contributed by atoms with van der Waals surface area (Å²) in [5.41, 5.74) is 24.7. The minimum atomic E-state index is -0.151. The summed E-state index contributed by atoms with van der Waals surface area (Å²) in [6.45, 7) is 32.6. The maximum absolute atomic E-state index is 7.25. The van der Waals surface area contributed by atoms with Crippen LogP contribution in [0.15, 0.2) is 173 Å². The van der Waals surface area contributed by atoms with Gasteiger partial charge in [0.2, 0.25) is 6.71 Å². The van der Waals surface area contributed by atoms with Crippen LogP contribution in [0.5, 0.6) is 0 Å². The second-order valence-electron chi connectivity index (χ2n) is 26.7. The van der Waals surface area contributed by atoms with E-state index in [1.54, 1.807) is 0 Å². The molecule has 2 atom stereocenters. The van der Waals surface area contributed by atoms with E-state index in [1.165, 1.54) is 78.1 Å². The average Bonchev–Trinajstić information content (AvgIpc) is 3.99. The highest BCUT2D eigenvalue weighted by Crippen LogP contribution is 2.62. The quantitative estimate of drug-likeness (QED) is 0.164. The Morgan fingerprint density at radius 3 is 1.78 bits per heavy atom. The van der Waals surface area contributed by atoms with E-state index in [4.69, 9.17) is 4.42 Å². The highest BCUT2D eigenvalue weighted by Gasteiger charge is 2.58. The van der Waals surface area contributed by atoms with Crippen molar-refractivity contribution in [1.82, 2.24) is 0 Å². The van der Waals surface area contributed by atoms with Crippen LogP contribution in [0.4, 0.5) is 39.8 Å². The summed E-state index contributed by atoms with van der Waals surface area (Å²) in [6.07, 6.45) is 7.37. The minimum absolute atomic E-state index is 0.0112. The molecule has 0 spiro atoms. The van der Waals surface area contributed by atoms with E-state index < -0.39 is 0 Å². The lowest BCUT2D eigenvalue weighted by Crippen LogP contribution is -2.61. The van der Waals surface area contributed by atoms with Gasteiger partial charge >= 0.3 is 0 Å². The van der Waals surface area contributed by atoms with Crippen molar-refractivity contribution >= 4 is 85.1 Å². The zero-order valence-electron chi connectivity index (χ0n) is 46.0. The van der Waals surface area contributed by atoms with Crippen LogP contribution in [0.1, 0.15) is 130 Å². The molecule has 2 aliphatic carbocycles. The Balaban J connectivity index is 1.16. The highest BCUT2D eigenvalue weighted by atomic mass is 16.3. The number of fused-ring (bicyclic) bond motifs is 11. The predicted molar refractivity (Wildman–Crippen MR) is 316 cm³/mol. The first kappa shape index (κ1) is 46.8. The van der Waals surface area contributed by atoms with Gasteiger partial charge in [0.1, 0.15) is 5.58 Å². The Morgan fingerprint density at radius 1 is 0.541 bits per heavy atom. The molecule has 5 aliphatic rings. The summed E-state index contributed by atoms with van der Waals surface area (Å²) in [6, 6.07) is 54.1. The first-order chi connectivity index (χ1) is 35.0. The van der Waals surface area contributed by atoms with Crippen molar-refractivity contribution in [2.45, 2.75) is 130 Å². The zero-order valence-corrected chi connectivity index (χ0v) is 46.0. The van der Waals surface area contributed by atoms with Gasteiger partial charge in [-0.15, -0.1) is 0 Å². The Kier molecular flexibility index (Phi) is 9.83. The van der Waals surface area contributed by atoms with Crippen molar-refractivity contribution in [2.75, 3.05) is 14.7 Å². The SMILES string of the molecule is CC(C)(C)c1ccc(N(c2ccc(C(C)(C)C)cc2)c2cc3c4c(c2)N2C5=C(C6C=CC=C(B4c4ccc(C(C)(C)C)cc4N3c3cccc4c3oc3cc(C(C)(C)C)ccc34)C62)C(C)(C)c2ccccc25)cc1. The minimum Gasteiger partial charge on any atom is -0.454 e. The average molecular weight is 968 g/mol. The number of rotatable bonds is 4. The third-order valence-corrected chi connectivity index (χ3v) is 17.4. The van der Waals surface area contributed by atoms with Gasteiger partial charge in [-0.05, 0) is 121 Å². The molecule has 0 saturated carbocycles. The smallest absolute Gasteiger partial charge is 0.247 e. The number of hydrogen-bond acceptors (Lipinski definition) is 4.